The Balaban J connectivity index is 1.50. The van der Waals surface area contributed by atoms with Gasteiger partial charge in [0, 0.05) is 18.5 Å². The Hall–Kier alpha value is -4.00. The van der Waals surface area contributed by atoms with Gasteiger partial charge in [0.2, 0.25) is 0 Å². The van der Waals surface area contributed by atoms with Crippen molar-refractivity contribution in [3.63, 3.8) is 0 Å². The minimum absolute atomic E-state index is 0.238. The lowest BCUT2D eigenvalue weighted by Crippen LogP contribution is -2.46. The van der Waals surface area contributed by atoms with Crippen LogP contribution in [0.4, 0.5) is 6.01 Å². The zero-order valence-corrected chi connectivity index (χ0v) is 20.0. The zero-order valence-electron chi connectivity index (χ0n) is 20.0. The molecule has 0 amide bonds. The number of rotatable bonds is 7. The molecule has 0 saturated carbocycles. The van der Waals surface area contributed by atoms with Gasteiger partial charge in [0.25, 0.3) is 6.01 Å². The molecule has 1 aromatic heterocycles. The molecule has 1 aliphatic heterocycles. The predicted octanol–water partition coefficient (Wildman–Crippen LogP) is 5.55. The summed E-state index contributed by atoms with van der Waals surface area (Å²) >= 11 is 0. The van der Waals surface area contributed by atoms with Crippen molar-refractivity contribution in [3.05, 3.63) is 82.9 Å². The number of anilines is 1. The standard InChI is InChI=1S/C28H28N2O5/c1-17(2)19-9-11-22-25(13-19)35-28(29-22)30-15-20-10-12-24(33-3)26(21(20)14-23(30)27(31)32)34-16-18-7-5-4-6-8-18/h4-13,17,23H,14-16H2,1-3H3,(H,31,32)/t23-/m0/s1. The van der Waals surface area contributed by atoms with Gasteiger partial charge >= 0.3 is 5.97 Å². The van der Waals surface area contributed by atoms with Crippen molar-refractivity contribution in [3.8, 4) is 11.5 Å². The molecular formula is C28H28N2O5. The molecule has 180 valence electrons. The van der Waals surface area contributed by atoms with Crippen molar-refractivity contribution in [1.82, 2.24) is 4.98 Å². The molecule has 0 spiro atoms. The normalized spacial score (nSPS) is 15.3. The van der Waals surface area contributed by atoms with E-state index in [1.165, 1.54) is 0 Å². The molecule has 4 aromatic rings. The average Bonchev–Trinajstić information content (AvgIpc) is 3.30. The SMILES string of the molecule is COc1ccc2c(c1OCc1ccccc1)C[C@@H](C(=O)O)N(c1nc3ccc(C(C)C)cc3o1)C2. The van der Waals surface area contributed by atoms with Crippen molar-refractivity contribution < 1.29 is 23.8 Å². The Morgan fingerprint density at radius 3 is 2.69 bits per heavy atom. The van der Waals surface area contributed by atoms with Gasteiger partial charge in [0.1, 0.15) is 18.2 Å². The number of aliphatic carboxylic acids is 1. The summed E-state index contributed by atoms with van der Waals surface area (Å²) in [6.45, 7) is 4.93. The quantitative estimate of drug-likeness (QED) is 0.377. The lowest BCUT2D eigenvalue weighted by atomic mass is 9.93. The Morgan fingerprint density at radius 2 is 1.97 bits per heavy atom. The van der Waals surface area contributed by atoms with Gasteiger partial charge in [-0.2, -0.15) is 4.98 Å². The number of hydrogen-bond acceptors (Lipinski definition) is 6. The van der Waals surface area contributed by atoms with E-state index in [-0.39, 0.29) is 6.42 Å². The molecule has 0 unspecified atom stereocenters. The van der Waals surface area contributed by atoms with Crippen molar-refractivity contribution in [2.75, 3.05) is 12.0 Å². The first kappa shape index (κ1) is 22.8. The van der Waals surface area contributed by atoms with Gasteiger partial charge in [-0.15, -0.1) is 0 Å². The molecule has 1 aliphatic rings. The van der Waals surface area contributed by atoms with Crippen LogP contribution in [0.1, 0.15) is 42.0 Å². The number of fused-ring (bicyclic) bond motifs is 2. The smallest absolute Gasteiger partial charge is 0.326 e. The molecule has 0 bridgehead atoms. The van der Waals surface area contributed by atoms with Gasteiger partial charge in [-0.3, -0.25) is 0 Å². The number of ether oxygens (including phenoxy) is 2. The van der Waals surface area contributed by atoms with E-state index in [4.69, 9.17) is 13.9 Å². The van der Waals surface area contributed by atoms with E-state index < -0.39 is 12.0 Å². The van der Waals surface area contributed by atoms with Gasteiger partial charge in [0.15, 0.2) is 17.1 Å². The third kappa shape index (κ3) is 4.41. The average molecular weight is 473 g/mol. The van der Waals surface area contributed by atoms with Crippen LogP contribution in [-0.4, -0.2) is 29.2 Å². The van der Waals surface area contributed by atoms with Crippen LogP contribution in [0, 0.1) is 0 Å². The summed E-state index contributed by atoms with van der Waals surface area (Å²) in [5.74, 6) is 0.572. The molecule has 1 atom stereocenters. The van der Waals surface area contributed by atoms with Crippen LogP contribution in [0.5, 0.6) is 11.5 Å². The van der Waals surface area contributed by atoms with E-state index in [1.54, 1.807) is 12.0 Å². The van der Waals surface area contributed by atoms with E-state index in [0.29, 0.717) is 47.7 Å². The maximum atomic E-state index is 12.4. The van der Waals surface area contributed by atoms with Crippen molar-refractivity contribution in [2.45, 2.75) is 45.4 Å². The highest BCUT2D eigenvalue weighted by atomic mass is 16.5. The second-order valence-electron chi connectivity index (χ2n) is 9.07. The monoisotopic (exact) mass is 472 g/mol. The number of benzene rings is 3. The summed E-state index contributed by atoms with van der Waals surface area (Å²) in [4.78, 5) is 18.7. The molecule has 35 heavy (non-hydrogen) atoms. The molecule has 0 radical (unpaired) electrons. The van der Waals surface area contributed by atoms with Crippen molar-refractivity contribution in [1.29, 1.82) is 0 Å². The number of carboxylic acids is 1. The maximum Gasteiger partial charge on any atom is 0.326 e. The van der Waals surface area contributed by atoms with Gasteiger partial charge in [-0.25, -0.2) is 4.79 Å². The fourth-order valence-corrected chi connectivity index (χ4v) is 4.50. The Bertz CT molecular complexity index is 1360. The lowest BCUT2D eigenvalue weighted by molar-refractivity contribution is -0.138. The summed E-state index contributed by atoms with van der Waals surface area (Å²) < 4.78 is 17.8. The summed E-state index contributed by atoms with van der Waals surface area (Å²) in [5, 5.41) is 10.1. The van der Waals surface area contributed by atoms with Crippen LogP contribution in [0.2, 0.25) is 0 Å². The van der Waals surface area contributed by atoms with Crippen molar-refractivity contribution in [2.24, 2.45) is 0 Å². The van der Waals surface area contributed by atoms with E-state index in [2.05, 4.69) is 18.8 Å². The summed E-state index contributed by atoms with van der Waals surface area (Å²) in [6.07, 6.45) is 0.238. The molecule has 0 fully saturated rings. The largest absolute Gasteiger partial charge is 0.493 e. The summed E-state index contributed by atoms with van der Waals surface area (Å²) in [7, 11) is 1.59. The van der Waals surface area contributed by atoms with Crippen LogP contribution < -0.4 is 14.4 Å². The molecular weight excluding hydrogens is 444 g/mol. The molecule has 7 heteroatoms. The minimum Gasteiger partial charge on any atom is -0.493 e. The number of carboxylic acid groups (broad SMARTS) is 1. The molecule has 3 aromatic carbocycles. The summed E-state index contributed by atoms with van der Waals surface area (Å²) in [6, 6.07) is 19.0. The van der Waals surface area contributed by atoms with Crippen molar-refractivity contribution >= 4 is 23.1 Å². The summed E-state index contributed by atoms with van der Waals surface area (Å²) in [5.41, 5.74) is 5.32. The third-order valence-electron chi connectivity index (χ3n) is 6.48. The van der Waals surface area contributed by atoms with Gasteiger partial charge in [-0.1, -0.05) is 56.3 Å². The number of hydrogen-bond donors (Lipinski definition) is 1. The highest BCUT2D eigenvalue weighted by Crippen LogP contribution is 2.40. The third-order valence-corrected chi connectivity index (χ3v) is 6.48. The van der Waals surface area contributed by atoms with Crippen LogP contribution in [0.3, 0.4) is 0 Å². The highest BCUT2D eigenvalue weighted by molar-refractivity contribution is 5.81. The second kappa shape index (κ2) is 9.33. The van der Waals surface area contributed by atoms with Gasteiger partial charge in [-0.05, 0) is 40.8 Å². The van der Waals surface area contributed by atoms with Crippen LogP contribution in [0.25, 0.3) is 11.1 Å². The fraction of sp³-hybridized carbons (Fsp3) is 0.286. The Morgan fingerprint density at radius 1 is 1.17 bits per heavy atom. The number of carbonyl (C=O) groups is 1. The first-order chi connectivity index (χ1) is 16.9. The number of oxazole rings is 1. The lowest BCUT2D eigenvalue weighted by Gasteiger charge is -2.34. The molecule has 7 nitrogen and oxygen atoms in total. The maximum absolute atomic E-state index is 12.4. The number of aromatic nitrogens is 1. The molecule has 0 saturated heterocycles. The van der Waals surface area contributed by atoms with E-state index >= 15 is 0 Å². The second-order valence-corrected chi connectivity index (χ2v) is 9.07. The predicted molar refractivity (Wildman–Crippen MR) is 133 cm³/mol. The number of methoxy groups -OCH3 is 1. The van der Waals surface area contributed by atoms with Crippen LogP contribution >= 0.6 is 0 Å². The first-order valence-corrected chi connectivity index (χ1v) is 11.7. The minimum atomic E-state index is -0.947. The van der Waals surface area contributed by atoms with E-state index in [1.807, 2.05) is 60.7 Å². The van der Waals surface area contributed by atoms with Crippen LogP contribution in [-0.2, 0) is 24.4 Å². The highest BCUT2D eigenvalue weighted by Gasteiger charge is 2.36. The molecule has 5 rings (SSSR count). The Labute approximate surface area is 203 Å². The topological polar surface area (TPSA) is 85.0 Å². The fourth-order valence-electron chi connectivity index (χ4n) is 4.50. The van der Waals surface area contributed by atoms with Crippen LogP contribution in [0.15, 0.2) is 65.1 Å². The molecule has 1 N–H and O–H groups in total. The van der Waals surface area contributed by atoms with Gasteiger partial charge in [0.05, 0.1) is 7.11 Å². The zero-order chi connectivity index (χ0) is 24.5. The van der Waals surface area contributed by atoms with Gasteiger partial charge < -0.3 is 23.9 Å². The molecule has 2 heterocycles. The van der Waals surface area contributed by atoms with E-state index in [0.717, 1.165) is 22.3 Å². The Kier molecular flexibility index (Phi) is 6.07. The molecule has 0 aliphatic carbocycles. The van der Waals surface area contributed by atoms with E-state index in [9.17, 15) is 9.90 Å². The number of nitrogens with zero attached hydrogens (tertiary/aromatic N) is 2. The first-order valence-electron chi connectivity index (χ1n) is 11.7.